The molecule has 0 bridgehead atoms. The van der Waals surface area contributed by atoms with E-state index in [1.54, 1.807) is 0 Å². The molecule has 0 heterocycles. The number of ether oxygens (including phenoxy) is 4. The Morgan fingerprint density at radius 2 is 1.40 bits per heavy atom. The van der Waals surface area contributed by atoms with Gasteiger partial charge in [0.05, 0.1) is 0 Å². The van der Waals surface area contributed by atoms with Gasteiger partial charge in [0.2, 0.25) is 5.79 Å². The van der Waals surface area contributed by atoms with Crippen molar-refractivity contribution in [1.82, 2.24) is 0 Å². The topological polar surface area (TPSA) is 57.2 Å². The van der Waals surface area contributed by atoms with E-state index >= 15 is 0 Å². The number of allylic oxidation sites excluding steroid dienone is 1. The van der Waals surface area contributed by atoms with E-state index in [9.17, 15) is 5.11 Å². The highest BCUT2D eigenvalue weighted by atomic mass is 16.8. The van der Waals surface area contributed by atoms with Crippen molar-refractivity contribution in [2.24, 2.45) is 0 Å². The van der Waals surface area contributed by atoms with Crippen molar-refractivity contribution < 1.29 is 24.1 Å². The number of hydrogen-bond donors (Lipinski definition) is 1. The first-order valence-corrected chi connectivity index (χ1v) is 4.41. The molecule has 1 rings (SSSR count). The normalized spacial score (nSPS) is 22.5. The van der Waals surface area contributed by atoms with Gasteiger partial charge in [-0.05, 0) is 12.2 Å². The standard InChI is InChI=1S/C10H16O5/c1-12-9(13-2)6-5-8(11)7-10(9,14-3)15-4/h5-7,11H,1-4H3. The Bertz CT molecular complexity index is 274. The van der Waals surface area contributed by atoms with Crippen LogP contribution in [0.25, 0.3) is 0 Å². The summed E-state index contributed by atoms with van der Waals surface area (Å²) >= 11 is 0. The molecule has 15 heavy (non-hydrogen) atoms. The lowest BCUT2D eigenvalue weighted by atomic mass is 9.98. The van der Waals surface area contributed by atoms with Crippen molar-refractivity contribution in [3.8, 4) is 0 Å². The molecule has 0 fully saturated rings. The minimum Gasteiger partial charge on any atom is -0.508 e. The zero-order chi connectivity index (χ0) is 11.5. The smallest absolute Gasteiger partial charge is 0.251 e. The summed E-state index contributed by atoms with van der Waals surface area (Å²) in [7, 11) is 5.83. The van der Waals surface area contributed by atoms with Crippen molar-refractivity contribution in [1.29, 1.82) is 0 Å². The first-order chi connectivity index (χ1) is 7.09. The van der Waals surface area contributed by atoms with E-state index in [4.69, 9.17) is 18.9 Å². The first kappa shape index (κ1) is 12.2. The Hall–Kier alpha value is -0.880. The monoisotopic (exact) mass is 216 g/mol. The SMILES string of the molecule is COC1(OC)C=CC(O)=CC1(OC)OC. The van der Waals surface area contributed by atoms with Crippen molar-refractivity contribution in [2.75, 3.05) is 28.4 Å². The van der Waals surface area contributed by atoms with Gasteiger partial charge >= 0.3 is 0 Å². The molecule has 0 unspecified atom stereocenters. The Kier molecular flexibility index (Phi) is 3.51. The van der Waals surface area contributed by atoms with Crippen molar-refractivity contribution >= 4 is 0 Å². The molecular formula is C10H16O5. The number of methoxy groups -OCH3 is 4. The second-order valence-corrected chi connectivity index (χ2v) is 3.05. The molecule has 1 aliphatic carbocycles. The second kappa shape index (κ2) is 4.32. The van der Waals surface area contributed by atoms with E-state index in [1.165, 1.54) is 46.7 Å². The van der Waals surface area contributed by atoms with E-state index in [0.29, 0.717) is 0 Å². The molecule has 1 aliphatic rings. The average molecular weight is 216 g/mol. The minimum absolute atomic E-state index is 0.0309. The summed E-state index contributed by atoms with van der Waals surface area (Å²) in [5.41, 5.74) is 0. The van der Waals surface area contributed by atoms with Crippen LogP contribution in [0.3, 0.4) is 0 Å². The van der Waals surface area contributed by atoms with Gasteiger partial charge in [-0.25, -0.2) is 0 Å². The minimum atomic E-state index is -1.30. The van der Waals surface area contributed by atoms with E-state index < -0.39 is 11.6 Å². The maximum atomic E-state index is 9.43. The summed E-state index contributed by atoms with van der Waals surface area (Å²) in [5.74, 6) is -2.47. The lowest BCUT2D eigenvalue weighted by Crippen LogP contribution is -2.58. The van der Waals surface area contributed by atoms with E-state index in [2.05, 4.69) is 0 Å². The lowest BCUT2D eigenvalue weighted by molar-refractivity contribution is -0.345. The molecule has 5 heteroatoms. The van der Waals surface area contributed by atoms with Crippen molar-refractivity contribution in [3.05, 3.63) is 24.0 Å². The Morgan fingerprint density at radius 1 is 0.933 bits per heavy atom. The zero-order valence-corrected chi connectivity index (χ0v) is 9.31. The molecule has 0 spiro atoms. The van der Waals surface area contributed by atoms with Crippen LogP contribution < -0.4 is 0 Å². The largest absolute Gasteiger partial charge is 0.508 e. The molecule has 0 saturated heterocycles. The summed E-state index contributed by atoms with van der Waals surface area (Å²) in [5, 5.41) is 9.43. The van der Waals surface area contributed by atoms with Crippen LogP contribution in [0.15, 0.2) is 24.0 Å². The van der Waals surface area contributed by atoms with Gasteiger partial charge in [-0.3, -0.25) is 0 Å². The summed E-state index contributed by atoms with van der Waals surface area (Å²) in [6, 6.07) is 0. The molecule has 0 aromatic rings. The molecule has 0 radical (unpaired) electrons. The predicted molar refractivity (Wildman–Crippen MR) is 53.3 cm³/mol. The van der Waals surface area contributed by atoms with Crippen LogP contribution in [0, 0.1) is 0 Å². The Labute approximate surface area is 88.9 Å². The lowest BCUT2D eigenvalue weighted by Gasteiger charge is -2.43. The average Bonchev–Trinajstić information content (AvgIpc) is 2.29. The van der Waals surface area contributed by atoms with Gasteiger partial charge < -0.3 is 24.1 Å². The third kappa shape index (κ3) is 1.68. The van der Waals surface area contributed by atoms with Crippen LogP contribution >= 0.6 is 0 Å². The predicted octanol–water partition coefficient (Wildman–Crippen LogP) is 0.976. The highest BCUT2D eigenvalue weighted by Gasteiger charge is 2.53. The maximum Gasteiger partial charge on any atom is 0.251 e. The molecular weight excluding hydrogens is 200 g/mol. The summed E-state index contributed by atoms with van der Waals surface area (Å²) in [4.78, 5) is 0. The second-order valence-electron chi connectivity index (χ2n) is 3.05. The number of aliphatic hydroxyl groups excluding tert-OH is 1. The van der Waals surface area contributed by atoms with Crippen LogP contribution in [0.4, 0.5) is 0 Å². The molecule has 5 nitrogen and oxygen atoms in total. The fourth-order valence-corrected chi connectivity index (χ4v) is 1.64. The molecule has 0 aromatic heterocycles. The molecule has 0 atom stereocenters. The van der Waals surface area contributed by atoms with Crippen LogP contribution in [0.1, 0.15) is 0 Å². The Morgan fingerprint density at radius 3 is 1.80 bits per heavy atom. The zero-order valence-electron chi connectivity index (χ0n) is 9.31. The van der Waals surface area contributed by atoms with Crippen molar-refractivity contribution in [2.45, 2.75) is 11.6 Å². The van der Waals surface area contributed by atoms with Gasteiger partial charge in [0.1, 0.15) is 5.76 Å². The quantitative estimate of drug-likeness (QED) is 0.710. The van der Waals surface area contributed by atoms with Gasteiger partial charge in [-0.1, -0.05) is 0 Å². The highest BCUT2D eigenvalue weighted by Crippen LogP contribution is 2.37. The van der Waals surface area contributed by atoms with E-state index in [0.717, 1.165) is 0 Å². The van der Waals surface area contributed by atoms with E-state index in [-0.39, 0.29) is 5.76 Å². The van der Waals surface area contributed by atoms with Gasteiger partial charge in [-0.15, -0.1) is 0 Å². The number of aliphatic hydroxyl groups is 1. The molecule has 0 aromatic carbocycles. The van der Waals surface area contributed by atoms with E-state index in [1.807, 2.05) is 0 Å². The molecule has 0 aliphatic heterocycles. The van der Waals surface area contributed by atoms with Gasteiger partial charge in [-0.2, -0.15) is 0 Å². The number of hydrogen-bond acceptors (Lipinski definition) is 5. The fourth-order valence-electron chi connectivity index (χ4n) is 1.64. The molecule has 0 amide bonds. The Balaban J connectivity index is 3.22. The van der Waals surface area contributed by atoms with Gasteiger partial charge in [0.15, 0.2) is 0 Å². The summed E-state index contributed by atoms with van der Waals surface area (Å²) in [6.45, 7) is 0. The third-order valence-corrected chi connectivity index (χ3v) is 2.51. The molecule has 1 N–H and O–H groups in total. The van der Waals surface area contributed by atoms with Crippen LogP contribution in [-0.2, 0) is 18.9 Å². The fraction of sp³-hybridized carbons (Fsp3) is 0.600. The first-order valence-electron chi connectivity index (χ1n) is 4.41. The summed E-state index contributed by atoms with van der Waals surface area (Å²) in [6.07, 6.45) is 4.39. The van der Waals surface area contributed by atoms with Crippen molar-refractivity contribution in [3.63, 3.8) is 0 Å². The number of rotatable bonds is 4. The molecule has 86 valence electrons. The van der Waals surface area contributed by atoms with Gasteiger partial charge in [0.25, 0.3) is 5.79 Å². The highest BCUT2D eigenvalue weighted by molar-refractivity contribution is 5.28. The van der Waals surface area contributed by atoms with Crippen LogP contribution in [0.2, 0.25) is 0 Å². The van der Waals surface area contributed by atoms with Crippen LogP contribution in [0.5, 0.6) is 0 Å². The van der Waals surface area contributed by atoms with Gasteiger partial charge in [0, 0.05) is 34.5 Å². The molecule has 0 saturated carbocycles. The van der Waals surface area contributed by atoms with Crippen LogP contribution in [-0.4, -0.2) is 45.1 Å². The summed E-state index contributed by atoms with van der Waals surface area (Å²) < 4.78 is 21.0. The maximum absolute atomic E-state index is 9.43. The third-order valence-electron chi connectivity index (χ3n) is 2.51.